The number of nitrogens with one attached hydrogen (secondary N) is 2. The van der Waals surface area contributed by atoms with Gasteiger partial charge in [-0.25, -0.2) is 4.39 Å². The third-order valence-corrected chi connectivity index (χ3v) is 5.54. The Morgan fingerprint density at radius 3 is 2.61 bits per heavy atom. The summed E-state index contributed by atoms with van der Waals surface area (Å²) in [7, 11) is 1.60. The summed E-state index contributed by atoms with van der Waals surface area (Å²) in [6.07, 6.45) is 0. The number of anilines is 1. The normalized spacial score (nSPS) is 13.9. The topological polar surface area (TPSA) is 72.0 Å². The molecule has 1 aliphatic rings. The lowest BCUT2D eigenvalue weighted by Gasteiger charge is -2.12. The second-order valence-electron chi connectivity index (χ2n) is 6.65. The fourth-order valence-corrected chi connectivity index (χ4v) is 3.82. The van der Waals surface area contributed by atoms with Gasteiger partial charge >= 0.3 is 0 Å². The number of hydrogen-bond acceptors (Lipinski definition) is 6. The van der Waals surface area contributed by atoms with Crippen LogP contribution in [-0.2, 0) is 9.53 Å². The fourth-order valence-electron chi connectivity index (χ4n) is 3.03. The minimum absolute atomic E-state index is 0.139. The van der Waals surface area contributed by atoms with E-state index >= 15 is 0 Å². The molecule has 0 radical (unpaired) electrons. The molecule has 6 nitrogen and oxygen atoms in total. The van der Waals surface area contributed by atoms with Crippen molar-refractivity contribution in [2.45, 2.75) is 0 Å². The van der Waals surface area contributed by atoms with Gasteiger partial charge in [0.15, 0.2) is 0 Å². The Labute approximate surface area is 183 Å². The van der Waals surface area contributed by atoms with E-state index in [-0.39, 0.29) is 18.3 Å². The molecule has 2 aromatic carbocycles. The van der Waals surface area contributed by atoms with Crippen molar-refractivity contribution in [3.8, 4) is 5.75 Å². The van der Waals surface area contributed by atoms with Crippen LogP contribution in [0.2, 0.25) is 0 Å². The van der Waals surface area contributed by atoms with Crippen molar-refractivity contribution in [1.29, 1.82) is 0 Å². The SMILES string of the molecule is COc1ccc(C(COC2=C(c3cccs3)C(=O)NC2)=NNc2ccc(F)cc2)cc1. The van der Waals surface area contributed by atoms with Crippen molar-refractivity contribution in [2.24, 2.45) is 5.10 Å². The minimum Gasteiger partial charge on any atom is -0.497 e. The second-order valence-corrected chi connectivity index (χ2v) is 7.60. The van der Waals surface area contributed by atoms with E-state index in [1.54, 1.807) is 19.2 Å². The molecule has 2 N–H and O–H groups in total. The maximum absolute atomic E-state index is 13.2. The molecule has 1 aliphatic heterocycles. The Bertz CT molecular complexity index is 1110. The van der Waals surface area contributed by atoms with Crippen LogP contribution >= 0.6 is 11.3 Å². The van der Waals surface area contributed by atoms with E-state index < -0.39 is 0 Å². The summed E-state index contributed by atoms with van der Waals surface area (Å²) in [6.45, 7) is 0.465. The number of rotatable bonds is 8. The first-order valence-electron chi connectivity index (χ1n) is 9.54. The zero-order valence-electron chi connectivity index (χ0n) is 16.7. The van der Waals surface area contributed by atoms with Crippen molar-refractivity contribution in [2.75, 3.05) is 25.7 Å². The number of thiophene rings is 1. The van der Waals surface area contributed by atoms with E-state index in [1.165, 1.54) is 23.5 Å². The number of benzene rings is 2. The van der Waals surface area contributed by atoms with E-state index in [1.807, 2.05) is 41.8 Å². The molecule has 0 saturated heterocycles. The van der Waals surface area contributed by atoms with Crippen molar-refractivity contribution in [3.05, 3.63) is 88.1 Å². The van der Waals surface area contributed by atoms with Gasteiger partial charge in [0.05, 0.1) is 24.9 Å². The molecular weight excluding hydrogens is 417 g/mol. The third kappa shape index (κ3) is 4.92. The molecule has 4 rings (SSSR count). The molecule has 0 bridgehead atoms. The molecular formula is C23H20FN3O3S. The Morgan fingerprint density at radius 2 is 1.94 bits per heavy atom. The summed E-state index contributed by atoms with van der Waals surface area (Å²) in [4.78, 5) is 13.1. The van der Waals surface area contributed by atoms with Gasteiger partial charge in [-0.2, -0.15) is 5.10 Å². The average molecular weight is 437 g/mol. The van der Waals surface area contributed by atoms with Crippen LogP contribution in [0.5, 0.6) is 5.75 Å². The van der Waals surface area contributed by atoms with Crippen LogP contribution in [0.25, 0.3) is 5.57 Å². The molecule has 158 valence electrons. The third-order valence-electron chi connectivity index (χ3n) is 4.65. The van der Waals surface area contributed by atoms with Gasteiger partial charge in [0.1, 0.15) is 29.6 Å². The molecule has 0 fully saturated rings. The maximum Gasteiger partial charge on any atom is 0.256 e. The van der Waals surface area contributed by atoms with Gasteiger partial charge in [-0.05, 0) is 60.0 Å². The summed E-state index contributed by atoms with van der Waals surface area (Å²) in [5.74, 6) is 0.837. The van der Waals surface area contributed by atoms with Crippen molar-refractivity contribution >= 4 is 34.2 Å². The lowest BCUT2D eigenvalue weighted by molar-refractivity contribution is -0.114. The monoisotopic (exact) mass is 437 g/mol. The van der Waals surface area contributed by atoms with E-state index in [4.69, 9.17) is 9.47 Å². The maximum atomic E-state index is 13.2. The second kappa shape index (κ2) is 9.44. The van der Waals surface area contributed by atoms with E-state index in [2.05, 4.69) is 15.8 Å². The summed E-state index contributed by atoms with van der Waals surface area (Å²) in [5, 5.41) is 9.20. The quantitative estimate of drug-likeness (QED) is 0.408. The highest BCUT2D eigenvalue weighted by molar-refractivity contribution is 7.11. The fraction of sp³-hybridized carbons (Fsp3) is 0.130. The summed E-state index contributed by atoms with van der Waals surface area (Å²) < 4.78 is 24.4. The lowest BCUT2D eigenvalue weighted by atomic mass is 10.1. The lowest BCUT2D eigenvalue weighted by Crippen LogP contribution is -2.18. The highest BCUT2D eigenvalue weighted by atomic mass is 32.1. The van der Waals surface area contributed by atoms with Crippen LogP contribution in [0.1, 0.15) is 10.4 Å². The van der Waals surface area contributed by atoms with Crippen molar-refractivity contribution in [3.63, 3.8) is 0 Å². The Balaban J connectivity index is 1.58. The highest BCUT2D eigenvalue weighted by Gasteiger charge is 2.26. The zero-order chi connectivity index (χ0) is 21.6. The zero-order valence-corrected chi connectivity index (χ0v) is 17.5. The number of carbonyl (C=O) groups is 1. The van der Waals surface area contributed by atoms with Gasteiger partial charge in [0.2, 0.25) is 0 Å². The Hall–Kier alpha value is -3.65. The molecule has 31 heavy (non-hydrogen) atoms. The average Bonchev–Trinajstić information content (AvgIpc) is 3.44. The summed E-state index contributed by atoms with van der Waals surface area (Å²) >= 11 is 1.49. The first-order valence-corrected chi connectivity index (χ1v) is 10.4. The Kier molecular flexibility index (Phi) is 6.28. The van der Waals surface area contributed by atoms with Crippen LogP contribution in [-0.4, -0.2) is 31.9 Å². The molecule has 8 heteroatoms. The molecule has 3 aromatic rings. The van der Waals surface area contributed by atoms with E-state index in [0.717, 1.165) is 16.2 Å². The summed E-state index contributed by atoms with van der Waals surface area (Å²) in [5.41, 5.74) is 5.57. The first-order chi connectivity index (χ1) is 15.1. The largest absolute Gasteiger partial charge is 0.497 e. The molecule has 1 amide bonds. The highest BCUT2D eigenvalue weighted by Crippen LogP contribution is 2.27. The smallest absolute Gasteiger partial charge is 0.256 e. The minimum atomic E-state index is -0.320. The van der Waals surface area contributed by atoms with Crippen LogP contribution in [0.15, 0.2) is 76.9 Å². The van der Waals surface area contributed by atoms with Gasteiger partial charge in [0.25, 0.3) is 5.91 Å². The molecule has 0 saturated carbocycles. The number of nitrogens with zero attached hydrogens (tertiary/aromatic N) is 1. The number of hydrazone groups is 1. The molecule has 0 unspecified atom stereocenters. The molecule has 0 atom stereocenters. The van der Waals surface area contributed by atoms with Gasteiger partial charge in [-0.1, -0.05) is 6.07 Å². The molecule has 0 aliphatic carbocycles. The Morgan fingerprint density at radius 1 is 1.16 bits per heavy atom. The van der Waals surface area contributed by atoms with Crippen LogP contribution in [0, 0.1) is 5.82 Å². The predicted octanol–water partition coefficient (Wildman–Crippen LogP) is 4.27. The van der Waals surface area contributed by atoms with Crippen molar-refractivity contribution < 1.29 is 18.7 Å². The standard InChI is InChI=1S/C23H20FN3O3S/c1-29-18-10-4-15(5-11-18)19(27-26-17-8-6-16(24)7-9-17)14-30-20-13-25-23(28)22(20)21-3-2-12-31-21/h2-12,26H,13-14H2,1H3,(H,25,28). The molecule has 2 heterocycles. The van der Waals surface area contributed by atoms with E-state index in [0.29, 0.717) is 29.3 Å². The number of carbonyl (C=O) groups excluding carboxylic acids is 1. The van der Waals surface area contributed by atoms with E-state index in [9.17, 15) is 9.18 Å². The number of hydrogen-bond donors (Lipinski definition) is 2. The van der Waals surface area contributed by atoms with Crippen molar-refractivity contribution in [1.82, 2.24) is 5.32 Å². The summed E-state index contributed by atoms with van der Waals surface area (Å²) in [6, 6.07) is 17.1. The van der Waals surface area contributed by atoms with Gasteiger partial charge in [0, 0.05) is 10.4 Å². The van der Waals surface area contributed by atoms with Gasteiger partial charge in [-0.3, -0.25) is 10.2 Å². The predicted molar refractivity (Wildman–Crippen MR) is 120 cm³/mol. The van der Waals surface area contributed by atoms with Crippen LogP contribution in [0.4, 0.5) is 10.1 Å². The number of halogens is 1. The van der Waals surface area contributed by atoms with Crippen LogP contribution < -0.4 is 15.5 Å². The molecule has 1 aromatic heterocycles. The number of methoxy groups -OCH3 is 1. The van der Waals surface area contributed by atoms with Crippen LogP contribution in [0.3, 0.4) is 0 Å². The number of ether oxygens (including phenoxy) is 2. The molecule has 0 spiro atoms. The first kappa shape index (κ1) is 20.6. The number of amides is 1. The van der Waals surface area contributed by atoms with Gasteiger partial charge < -0.3 is 14.8 Å². The van der Waals surface area contributed by atoms with Gasteiger partial charge in [-0.15, -0.1) is 11.3 Å².